The van der Waals surface area contributed by atoms with Gasteiger partial charge in [0.1, 0.15) is 10.8 Å². The minimum atomic E-state index is 0.508. The number of nitrogens with one attached hydrogen (secondary N) is 1. The minimum Gasteiger partial charge on any atom is -0.494 e. The third kappa shape index (κ3) is 3.17. The number of imidazole rings is 1. The lowest BCUT2D eigenvalue weighted by molar-refractivity contribution is 0.340. The van der Waals surface area contributed by atoms with Crippen LogP contribution < -0.4 is 10.5 Å². The van der Waals surface area contributed by atoms with Crippen LogP contribution in [0.15, 0.2) is 46.7 Å². The van der Waals surface area contributed by atoms with E-state index in [1.54, 1.807) is 6.20 Å². The quantitative estimate of drug-likeness (QED) is 0.757. The van der Waals surface area contributed by atoms with Gasteiger partial charge in [-0.25, -0.2) is 9.97 Å². The summed E-state index contributed by atoms with van der Waals surface area (Å²) in [6, 6.07) is 9.72. The predicted octanol–water partition coefficient (Wildman–Crippen LogP) is 2.97. The molecule has 0 bridgehead atoms. The van der Waals surface area contributed by atoms with Gasteiger partial charge in [-0.05, 0) is 48.5 Å². The van der Waals surface area contributed by atoms with Crippen LogP contribution in [0.5, 0.6) is 5.75 Å². The van der Waals surface area contributed by atoms with Crippen LogP contribution in [-0.4, -0.2) is 21.6 Å². The topological polar surface area (TPSA) is 76.8 Å². The Morgan fingerprint density at radius 2 is 2.19 bits per heavy atom. The van der Waals surface area contributed by atoms with Crippen molar-refractivity contribution in [1.82, 2.24) is 15.0 Å². The van der Waals surface area contributed by atoms with E-state index in [1.165, 1.54) is 11.8 Å². The molecule has 0 atom stereocenters. The van der Waals surface area contributed by atoms with Crippen molar-refractivity contribution >= 4 is 22.8 Å². The molecule has 0 aliphatic carbocycles. The average Bonchev–Trinajstić information content (AvgIpc) is 2.89. The van der Waals surface area contributed by atoms with E-state index in [1.807, 2.05) is 37.3 Å². The number of ether oxygens (including phenoxy) is 1. The first kappa shape index (κ1) is 13.9. The van der Waals surface area contributed by atoms with Gasteiger partial charge in [0.2, 0.25) is 0 Å². The SMILES string of the molecule is CCOc1ccc2nc(Sc3cc(CN)ccn3)[nH]c2c1. The fourth-order valence-electron chi connectivity index (χ4n) is 2.00. The van der Waals surface area contributed by atoms with Crippen molar-refractivity contribution in [2.24, 2.45) is 5.73 Å². The monoisotopic (exact) mass is 300 g/mol. The van der Waals surface area contributed by atoms with Crippen LogP contribution in [0.1, 0.15) is 12.5 Å². The highest BCUT2D eigenvalue weighted by Crippen LogP contribution is 2.27. The molecule has 3 rings (SSSR count). The number of pyridine rings is 1. The second-order valence-corrected chi connectivity index (χ2v) is 5.47. The van der Waals surface area contributed by atoms with Gasteiger partial charge in [-0.3, -0.25) is 0 Å². The molecule has 0 unspecified atom stereocenters. The molecule has 3 aromatic rings. The zero-order chi connectivity index (χ0) is 14.7. The number of hydrogen-bond donors (Lipinski definition) is 2. The molecule has 0 spiro atoms. The number of nitrogens with zero attached hydrogens (tertiary/aromatic N) is 2. The maximum atomic E-state index is 5.64. The molecule has 0 saturated carbocycles. The van der Waals surface area contributed by atoms with Crippen LogP contribution in [0, 0.1) is 0 Å². The Hall–Kier alpha value is -2.05. The van der Waals surface area contributed by atoms with E-state index in [0.717, 1.165) is 32.5 Å². The van der Waals surface area contributed by atoms with Gasteiger partial charge in [-0.1, -0.05) is 0 Å². The fourth-order valence-corrected chi connectivity index (χ4v) is 2.83. The first-order valence-corrected chi connectivity index (χ1v) is 7.55. The van der Waals surface area contributed by atoms with E-state index in [4.69, 9.17) is 10.5 Å². The molecule has 0 saturated heterocycles. The summed E-state index contributed by atoms with van der Waals surface area (Å²) in [5.74, 6) is 0.841. The van der Waals surface area contributed by atoms with Gasteiger partial charge in [0.15, 0.2) is 5.16 Å². The Morgan fingerprint density at radius 3 is 3.00 bits per heavy atom. The van der Waals surface area contributed by atoms with Crippen molar-refractivity contribution in [2.45, 2.75) is 23.7 Å². The lowest BCUT2D eigenvalue weighted by atomic mass is 10.3. The lowest BCUT2D eigenvalue weighted by Gasteiger charge is -2.00. The van der Waals surface area contributed by atoms with Crippen molar-refractivity contribution in [3.8, 4) is 5.75 Å². The van der Waals surface area contributed by atoms with Gasteiger partial charge in [-0.15, -0.1) is 0 Å². The van der Waals surface area contributed by atoms with Crippen molar-refractivity contribution in [2.75, 3.05) is 6.61 Å². The molecule has 0 amide bonds. The van der Waals surface area contributed by atoms with Crippen LogP contribution in [0.3, 0.4) is 0 Å². The normalized spacial score (nSPS) is 11.0. The zero-order valence-corrected chi connectivity index (χ0v) is 12.5. The number of benzene rings is 1. The van der Waals surface area contributed by atoms with Crippen molar-refractivity contribution in [1.29, 1.82) is 0 Å². The number of H-pyrrole nitrogens is 1. The Morgan fingerprint density at radius 1 is 1.29 bits per heavy atom. The van der Waals surface area contributed by atoms with Crippen molar-refractivity contribution in [3.05, 3.63) is 42.1 Å². The second-order valence-electron chi connectivity index (χ2n) is 4.46. The molecule has 0 fully saturated rings. The summed E-state index contributed by atoms with van der Waals surface area (Å²) in [6.45, 7) is 3.12. The smallest absolute Gasteiger partial charge is 0.172 e. The van der Waals surface area contributed by atoms with Crippen molar-refractivity contribution in [3.63, 3.8) is 0 Å². The first-order valence-electron chi connectivity index (χ1n) is 6.74. The molecule has 21 heavy (non-hydrogen) atoms. The standard InChI is InChI=1S/C15H16N4OS/c1-2-20-11-3-4-12-13(8-11)19-15(18-12)21-14-7-10(9-16)5-6-17-14/h3-8H,2,9,16H2,1H3,(H,18,19). The molecular weight excluding hydrogens is 284 g/mol. The Kier molecular flexibility index (Phi) is 4.08. The van der Waals surface area contributed by atoms with E-state index in [-0.39, 0.29) is 0 Å². The minimum absolute atomic E-state index is 0.508. The van der Waals surface area contributed by atoms with Crippen LogP contribution in [0.4, 0.5) is 0 Å². The maximum absolute atomic E-state index is 5.64. The third-order valence-electron chi connectivity index (χ3n) is 2.98. The maximum Gasteiger partial charge on any atom is 0.172 e. The highest BCUT2D eigenvalue weighted by atomic mass is 32.2. The summed E-state index contributed by atoms with van der Waals surface area (Å²) >= 11 is 1.49. The molecule has 2 aromatic heterocycles. The summed E-state index contributed by atoms with van der Waals surface area (Å²) in [4.78, 5) is 12.1. The van der Waals surface area contributed by atoms with E-state index in [2.05, 4.69) is 15.0 Å². The molecule has 3 N–H and O–H groups in total. The number of fused-ring (bicyclic) bond motifs is 1. The molecule has 5 nitrogen and oxygen atoms in total. The second kappa shape index (κ2) is 6.15. The van der Waals surface area contributed by atoms with Gasteiger partial charge in [0.05, 0.1) is 17.6 Å². The van der Waals surface area contributed by atoms with Crippen LogP contribution in [0.2, 0.25) is 0 Å². The third-order valence-corrected chi connectivity index (χ3v) is 3.80. The number of hydrogen-bond acceptors (Lipinski definition) is 5. The van der Waals surface area contributed by atoms with Gasteiger partial charge >= 0.3 is 0 Å². The fraction of sp³-hybridized carbons (Fsp3) is 0.200. The van der Waals surface area contributed by atoms with Crippen LogP contribution in [0.25, 0.3) is 11.0 Å². The summed E-state index contributed by atoms with van der Waals surface area (Å²) in [5, 5.41) is 1.68. The highest BCUT2D eigenvalue weighted by Gasteiger charge is 2.07. The molecular formula is C15H16N4OS. The highest BCUT2D eigenvalue weighted by molar-refractivity contribution is 7.99. The molecule has 108 valence electrons. The molecule has 2 heterocycles. The Labute approximate surface area is 126 Å². The largest absolute Gasteiger partial charge is 0.494 e. The molecule has 0 aliphatic rings. The van der Waals surface area contributed by atoms with Gasteiger partial charge in [0, 0.05) is 18.8 Å². The van der Waals surface area contributed by atoms with Gasteiger partial charge in [-0.2, -0.15) is 0 Å². The summed E-state index contributed by atoms with van der Waals surface area (Å²) in [5.41, 5.74) is 8.57. The first-order chi connectivity index (χ1) is 10.3. The zero-order valence-electron chi connectivity index (χ0n) is 11.7. The number of nitrogens with two attached hydrogens (primary N) is 1. The van der Waals surface area contributed by atoms with Crippen molar-refractivity contribution < 1.29 is 4.74 Å². The van der Waals surface area contributed by atoms with E-state index in [9.17, 15) is 0 Å². The van der Waals surface area contributed by atoms with Crippen LogP contribution >= 0.6 is 11.8 Å². The Bertz CT molecular complexity index is 756. The summed E-state index contributed by atoms with van der Waals surface area (Å²) < 4.78 is 5.49. The van der Waals surface area contributed by atoms with Gasteiger partial charge < -0.3 is 15.5 Å². The van der Waals surface area contributed by atoms with E-state index in [0.29, 0.717) is 13.2 Å². The Balaban J connectivity index is 1.86. The summed E-state index contributed by atoms with van der Waals surface area (Å²) in [7, 11) is 0. The average molecular weight is 300 g/mol. The lowest BCUT2D eigenvalue weighted by Crippen LogP contribution is -1.96. The molecule has 0 aliphatic heterocycles. The molecule has 1 aromatic carbocycles. The summed E-state index contributed by atoms with van der Waals surface area (Å²) in [6.07, 6.45) is 1.76. The number of aromatic amines is 1. The van der Waals surface area contributed by atoms with E-state index >= 15 is 0 Å². The molecule has 0 radical (unpaired) electrons. The number of aromatic nitrogens is 3. The van der Waals surface area contributed by atoms with Crippen LogP contribution in [-0.2, 0) is 6.54 Å². The predicted molar refractivity (Wildman–Crippen MR) is 83.5 cm³/mol. The van der Waals surface area contributed by atoms with Gasteiger partial charge in [0.25, 0.3) is 0 Å². The molecule has 6 heteroatoms. The number of rotatable bonds is 5. The van der Waals surface area contributed by atoms with E-state index < -0.39 is 0 Å².